The van der Waals surface area contributed by atoms with Gasteiger partial charge in [0, 0.05) is 6.04 Å². The highest BCUT2D eigenvalue weighted by Gasteiger charge is 2.20. The summed E-state index contributed by atoms with van der Waals surface area (Å²) in [5.74, 6) is 1.51. The molecule has 0 aliphatic carbocycles. The molecule has 0 aromatic carbocycles. The van der Waals surface area contributed by atoms with Crippen LogP contribution in [0.25, 0.3) is 0 Å². The summed E-state index contributed by atoms with van der Waals surface area (Å²) in [4.78, 5) is 2.57. The minimum atomic E-state index is 0.638. The zero-order chi connectivity index (χ0) is 9.14. The Bertz CT molecular complexity index is 105. The summed E-state index contributed by atoms with van der Waals surface area (Å²) in [7, 11) is 0. The predicted octanol–water partition coefficient (Wildman–Crippen LogP) is 2.58. The Morgan fingerprint density at radius 1 is 1.17 bits per heavy atom. The Balaban J connectivity index is 2.30. The summed E-state index contributed by atoms with van der Waals surface area (Å²) >= 11 is 0. The topological polar surface area (TPSA) is 3.24 Å². The zero-order valence-electron chi connectivity index (χ0n) is 8.71. The van der Waals surface area contributed by atoms with Gasteiger partial charge in [-0.3, -0.25) is 0 Å². The van der Waals surface area contributed by atoms with Gasteiger partial charge in [0.2, 0.25) is 0 Å². The van der Waals surface area contributed by atoms with Crippen LogP contribution in [0.15, 0.2) is 0 Å². The van der Waals surface area contributed by atoms with Crippen molar-refractivity contribution in [3.63, 3.8) is 0 Å². The van der Waals surface area contributed by atoms with Crippen LogP contribution < -0.4 is 0 Å². The molecule has 0 saturated carbocycles. The average Bonchev–Trinajstić information content (AvgIpc) is 2.04. The lowest BCUT2D eigenvalue weighted by atomic mass is 9.86. The maximum absolute atomic E-state index is 4.11. The molecule has 1 rings (SSSR count). The third-order valence-electron chi connectivity index (χ3n) is 3.11. The molecule has 1 nitrogen and oxygen atoms in total. The Labute approximate surface area is 77.1 Å². The van der Waals surface area contributed by atoms with E-state index in [-0.39, 0.29) is 0 Å². The van der Waals surface area contributed by atoms with E-state index < -0.39 is 0 Å². The van der Waals surface area contributed by atoms with Gasteiger partial charge in [-0.15, -0.1) is 0 Å². The maximum Gasteiger partial charge on any atom is 0.00385 e. The molecule has 0 bridgehead atoms. The SMILES string of the molecule is [CH2-][C@H](C)C1CCN(C(C)C)CC1. The fourth-order valence-electron chi connectivity index (χ4n) is 2.00. The molecule has 0 spiro atoms. The molecule has 0 N–H and O–H groups in total. The normalized spacial score (nSPS) is 24.8. The highest BCUT2D eigenvalue weighted by Crippen LogP contribution is 2.24. The van der Waals surface area contributed by atoms with Crippen molar-refractivity contribution in [3.8, 4) is 0 Å². The van der Waals surface area contributed by atoms with Crippen LogP contribution in [0.2, 0.25) is 0 Å². The van der Waals surface area contributed by atoms with Crippen molar-refractivity contribution in [2.45, 2.75) is 39.7 Å². The molecular formula is C11H22N-. The molecule has 1 saturated heterocycles. The molecule has 0 aromatic heterocycles. The van der Waals surface area contributed by atoms with Gasteiger partial charge in [0.05, 0.1) is 0 Å². The number of piperidine rings is 1. The zero-order valence-corrected chi connectivity index (χ0v) is 8.71. The Morgan fingerprint density at radius 3 is 2.00 bits per heavy atom. The summed E-state index contributed by atoms with van der Waals surface area (Å²) < 4.78 is 0. The fraction of sp³-hybridized carbons (Fsp3) is 0.909. The monoisotopic (exact) mass is 168 g/mol. The van der Waals surface area contributed by atoms with E-state index in [9.17, 15) is 0 Å². The predicted molar refractivity (Wildman–Crippen MR) is 54.0 cm³/mol. The standard InChI is InChI=1S/C11H22N/c1-9(2)11-5-7-12(8-6-11)10(3)4/h9-11H,1,5-8H2,2-4H3/q-1/t9-/m1/s1. The second kappa shape index (κ2) is 4.27. The molecule has 1 atom stereocenters. The first kappa shape index (κ1) is 10.0. The Morgan fingerprint density at radius 2 is 1.67 bits per heavy atom. The van der Waals surface area contributed by atoms with Gasteiger partial charge in [-0.1, -0.05) is 12.8 Å². The summed E-state index contributed by atoms with van der Waals surface area (Å²) in [6.45, 7) is 13.5. The van der Waals surface area contributed by atoms with E-state index in [1.807, 2.05) is 0 Å². The quantitative estimate of drug-likeness (QED) is 0.573. The Hall–Kier alpha value is -0.0400. The Kier molecular flexibility index (Phi) is 3.57. The summed E-state index contributed by atoms with van der Waals surface area (Å²) in [5.41, 5.74) is 0. The third kappa shape index (κ3) is 2.48. The van der Waals surface area contributed by atoms with Crippen molar-refractivity contribution in [2.24, 2.45) is 11.8 Å². The molecule has 1 aliphatic heterocycles. The van der Waals surface area contributed by atoms with Crippen LogP contribution in [0.5, 0.6) is 0 Å². The number of nitrogens with zero attached hydrogens (tertiary/aromatic N) is 1. The van der Waals surface area contributed by atoms with Crippen molar-refractivity contribution in [2.75, 3.05) is 13.1 Å². The van der Waals surface area contributed by atoms with Gasteiger partial charge >= 0.3 is 0 Å². The molecule has 1 heteroatoms. The van der Waals surface area contributed by atoms with Crippen molar-refractivity contribution in [1.82, 2.24) is 4.90 Å². The van der Waals surface area contributed by atoms with Crippen LogP contribution in [-0.4, -0.2) is 24.0 Å². The molecule has 1 aliphatic rings. The lowest BCUT2D eigenvalue weighted by Crippen LogP contribution is -2.39. The summed E-state index contributed by atoms with van der Waals surface area (Å²) in [5, 5.41) is 0. The van der Waals surface area contributed by atoms with Crippen LogP contribution in [-0.2, 0) is 0 Å². The van der Waals surface area contributed by atoms with Crippen LogP contribution in [0, 0.1) is 18.8 Å². The van der Waals surface area contributed by atoms with Crippen molar-refractivity contribution < 1.29 is 0 Å². The number of hydrogen-bond acceptors (Lipinski definition) is 1. The minimum Gasteiger partial charge on any atom is -0.340 e. The van der Waals surface area contributed by atoms with E-state index in [2.05, 4.69) is 32.6 Å². The van der Waals surface area contributed by atoms with Gasteiger partial charge < -0.3 is 11.8 Å². The van der Waals surface area contributed by atoms with Gasteiger partial charge in [-0.2, -0.15) is 5.92 Å². The first-order valence-corrected chi connectivity index (χ1v) is 5.18. The molecule has 0 amide bonds. The fourth-order valence-corrected chi connectivity index (χ4v) is 2.00. The lowest BCUT2D eigenvalue weighted by Gasteiger charge is -2.38. The molecule has 0 radical (unpaired) electrons. The molecule has 0 aromatic rings. The van der Waals surface area contributed by atoms with E-state index in [1.165, 1.54) is 25.9 Å². The largest absolute Gasteiger partial charge is 0.340 e. The minimum absolute atomic E-state index is 0.638. The molecule has 72 valence electrons. The van der Waals surface area contributed by atoms with Gasteiger partial charge in [-0.05, 0) is 39.8 Å². The van der Waals surface area contributed by atoms with Crippen molar-refractivity contribution in [1.29, 1.82) is 0 Å². The second-order valence-corrected chi connectivity index (χ2v) is 4.44. The van der Waals surface area contributed by atoms with Gasteiger partial charge in [0.15, 0.2) is 0 Å². The van der Waals surface area contributed by atoms with Crippen LogP contribution in [0.3, 0.4) is 0 Å². The third-order valence-corrected chi connectivity index (χ3v) is 3.11. The van der Waals surface area contributed by atoms with Crippen molar-refractivity contribution >= 4 is 0 Å². The lowest BCUT2D eigenvalue weighted by molar-refractivity contribution is 0.134. The molecule has 0 unspecified atom stereocenters. The maximum atomic E-state index is 4.11. The smallest absolute Gasteiger partial charge is 0.00385 e. The molecule has 1 heterocycles. The van der Waals surface area contributed by atoms with Crippen LogP contribution in [0.1, 0.15) is 33.6 Å². The number of hydrogen-bond donors (Lipinski definition) is 0. The van der Waals surface area contributed by atoms with E-state index in [4.69, 9.17) is 0 Å². The first-order chi connectivity index (χ1) is 5.61. The van der Waals surface area contributed by atoms with Crippen molar-refractivity contribution in [3.05, 3.63) is 6.92 Å². The highest BCUT2D eigenvalue weighted by molar-refractivity contribution is 4.78. The number of likely N-dealkylation sites (tertiary alicyclic amines) is 1. The highest BCUT2D eigenvalue weighted by atomic mass is 15.1. The van der Waals surface area contributed by atoms with Gasteiger partial charge in [0.1, 0.15) is 0 Å². The second-order valence-electron chi connectivity index (χ2n) is 4.44. The van der Waals surface area contributed by atoms with Crippen LogP contribution in [0.4, 0.5) is 0 Å². The molecule has 12 heavy (non-hydrogen) atoms. The van der Waals surface area contributed by atoms with E-state index >= 15 is 0 Å². The van der Waals surface area contributed by atoms with E-state index in [1.54, 1.807) is 0 Å². The van der Waals surface area contributed by atoms with Gasteiger partial charge in [-0.25, -0.2) is 0 Å². The van der Waals surface area contributed by atoms with Crippen LogP contribution >= 0.6 is 0 Å². The number of rotatable bonds is 2. The molecule has 1 fully saturated rings. The molecular weight excluding hydrogens is 146 g/mol. The van der Waals surface area contributed by atoms with Gasteiger partial charge in [0.25, 0.3) is 0 Å². The average molecular weight is 168 g/mol. The van der Waals surface area contributed by atoms with E-state index in [0.29, 0.717) is 5.92 Å². The summed E-state index contributed by atoms with van der Waals surface area (Å²) in [6.07, 6.45) is 2.70. The first-order valence-electron chi connectivity index (χ1n) is 5.18. The summed E-state index contributed by atoms with van der Waals surface area (Å²) in [6, 6.07) is 0.728. The van der Waals surface area contributed by atoms with E-state index in [0.717, 1.165) is 12.0 Å².